The molecule has 9 heteroatoms. The molecule has 0 aromatic heterocycles. The van der Waals surface area contributed by atoms with Crippen LogP contribution in [0.5, 0.6) is 0 Å². The van der Waals surface area contributed by atoms with Crippen molar-refractivity contribution in [1.82, 2.24) is 0 Å². The van der Waals surface area contributed by atoms with Crippen LogP contribution in [0.3, 0.4) is 0 Å². The Balaban J connectivity index is 1.51. The second kappa shape index (κ2) is 13.6. The standard InChI is InChI=1S/C28H28Cl3NO5/c29-28(30,31)27(32)37-26-25(35-18-22-14-8-3-9-15-22)24(34-17-21-12-6-2-7-13-21)23(36-26)19-33-16-20-10-4-1-5-11-20/h1-15,23-26,32H,16-19H2/t23-,24-,25-,26+/m1/s1. The fraction of sp³-hybridized carbons (Fsp3) is 0.321. The van der Waals surface area contributed by atoms with Crippen LogP contribution in [0.4, 0.5) is 0 Å². The Morgan fingerprint density at radius 2 is 1.16 bits per heavy atom. The van der Waals surface area contributed by atoms with Crippen molar-refractivity contribution < 1.29 is 23.7 Å². The van der Waals surface area contributed by atoms with Gasteiger partial charge in [-0.2, -0.15) is 0 Å². The normalized spacial score (nSPS) is 21.6. The van der Waals surface area contributed by atoms with Crippen molar-refractivity contribution in [2.75, 3.05) is 6.61 Å². The molecule has 0 radical (unpaired) electrons. The fourth-order valence-corrected chi connectivity index (χ4v) is 4.02. The summed E-state index contributed by atoms with van der Waals surface area (Å²) in [6.07, 6.45) is -2.89. The molecular formula is C28H28Cl3NO5. The first-order valence-electron chi connectivity index (χ1n) is 11.8. The molecule has 3 aromatic carbocycles. The van der Waals surface area contributed by atoms with E-state index in [4.69, 9.17) is 63.9 Å². The van der Waals surface area contributed by atoms with E-state index in [1.807, 2.05) is 91.0 Å². The van der Waals surface area contributed by atoms with E-state index in [-0.39, 0.29) is 13.2 Å². The van der Waals surface area contributed by atoms with Crippen LogP contribution in [-0.2, 0) is 43.5 Å². The number of alkyl halides is 3. The number of ether oxygens (including phenoxy) is 5. The number of hydrogen-bond acceptors (Lipinski definition) is 6. The zero-order valence-corrected chi connectivity index (χ0v) is 22.2. The monoisotopic (exact) mass is 563 g/mol. The summed E-state index contributed by atoms with van der Waals surface area (Å²) in [7, 11) is 0. The zero-order chi connectivity index (χ0) is 26.1. The second-order valence-corrected chi connectivity index (χ2v) is 10.8. The van der Waals surface area contributed by atoms with E-state index in [0.717, 1.165) is 16.7 Å². The van der Waals surface area contributed by atoms with Gasteiger partial charge in [0.2, 0.25) is 12.2 Å². The highest BCUT2D eigenvalue weighted by atomic mass is 35.6. The molecule has 6 nitrogen and oxygen atoms in total. The second-order valence-electron chi connectivity index (χ2n) is 8.51. The number of benzene rings is 3. The molecule has 3 aromatic rings. The zero-order valence-electron chi connectivity index (χ0n) is 20.0. The molecule has 1 aliphatic rings. The summed E-state index contributed by atoms with van der Waals surface area (Å²) in [4.78, 5) is 0. The Morgan fingerprint density at radius 3 is 1.65 bits per heavy atom. The van der Waals surface area contributed by atoms with E-state index in [1.54, 1.807) is 0 Å². The van der Waals surface area contributed by atoms with Crippen LogP contribution in [0, 0.1) is 5.41 Å². The van der Waals surface area contributed by atoms with Crippen molar-refractivity contribution in [3.63, 3.8) is 0 Å². The molecule has 1 aliphatic heterocycles. The molecule has 1 N–H and O–H groups in total. The van der Waals surface area contributed by atoms with Gasteiger partial charge in [0, 0.05) is 0 Å². The molecule has 0 amide bonds. The van der Waals surface area contributed by atoms with Gasteiger partial charge in [-0.05, 0) is 16.7 Å². The van der Waals surface area contributed by atoms with Crippen molar-refractivity contribution in [1.29, 1.82) is 5.41 Å². The van der Waals surface area contributed by atoms with Crippen LogP contribution in [0.2, 0.25) is 0 Å². The molecule has 4 rings (SSSR count). The third-order valence-corrected chi connectivity index (χ3v) is 6.24. The van der Waals surface area contributed by atoms with Gasteiger partial charge >= 0.3 is 0 Å². The first-order valence-corrected chi connectivity index (χ1v) is 12.9. The van der Waals surface area contributed by atoms with E-state index >= 15 is 0 Å². The van der Waals surface area contributed by atoms with E-state index in [0.29, 0.717) is 13.2 Å². The molecule has 0 saturated carbocycles. The summed E-state index contributed by atoms with van der Waals surface area (Å²) in [5.41, 5.74) is 2.99. The van der Waals surface area contributed by atoms with Gasteiger partial charge in [0.05, 0.1) is 26.4 Å². The van der Waals surface area contributed by atoms with Gasteiger partial charge in [-0.1, -0.05) is 126 Å². The molecule has 1 heterocycles. The Bertz CT molecular complexity index is 1100. The molecule has 0 unspecified atom stereocenters. The topological polar surface area (TPSA) is 70.0 Å². The van der Waals surface area contributed by atoms with E-state index < -0.39 is 34.3 Å². The van der Waals surface area contributed by atoms with E-state index in [1.165, 1.54) is 0 Å². The Morgan fingerprint density at radius 1 is 0.703 bits per heavy atom. The van der Waals surface area contributed by atoms with Gasteiger partial charge in [0.15, 0.2) is 0 Å². The molecule has 37 heavy (non-hydrogen) atoms. The maximum Gasteiger partial charge on any atom is 0.265 e. The molecule has 1 fully saturated rings. The number of halogens is 3. The first-order chi connectivity index (χ1) is 17.9. The van der Waals surface area contributed by atoms with Crippen LogP contribution in [0.1, 0.15) is 16.7 Å². The van der Waals surface area contributed by atoms with Crippen LogP contribution in [-0.4, -0.2) is 40.9 Å². The smallest absolute Gasteiger partial charge is 0.265 e. The SMILES string of the molecule is N=C(O[C@@H]1O[C@H](COCc2ccccc2)[C@@H](OCc2ccccc2)[C@H]1OCc1ccccc1)C(Cl)(Cl)Cl. The van der Waals surface area contributed by atoms with Gasteiger partial charge < -0.3 is 23.7 Å². The first kappa shape index (κ1) is 27.9. The molecule has 4 atom stereocenters. The molecule has 0 aliphatic carbocycles. The summed E-state index contributed by atoms with van der Waals surface area (Å²) in [6, 6.07) is 29.3. The predicted molar refractivity (Wildman–Crippen MR) is 144 cm³/mol. The lowest BCUT2D eigenvalue weighted by Gasteiger charge is -2.26. The number of rotatable bonds is 11. The predicted octanol–water partition coefficient (Wildman–Crippen LogP) is 6.46. The van der Waals surface area contributed by atoms with Crippen molar-refractivity contribution in [2.45, 2.75) is 48.2 Å². The van der Waals surface area contributed by atoms with Crippen LogP contribution >= 0.6 is 34.8 Å². The molecule has 1 saturated heterocycles. The lowest BCUT2D eigenvalue weighted by Crippen LogP contribution is -2.41. The summed E-state index contributed by atoms with van der Waals surface area (Å²) in [6.45, 7) is 1.21. The van der Waals surface area contributed by atoms with E-state index in [2.05, 4.69) is 0 Å². The molecular weight excluding hydrogens is 537 g/mol. The van der Waals surface area contributed by atoms with Crippen LogP contribution in [0.25, 0.3) is 0 Å². The quantitative estimate of drug-likeness (QED) is 0.164. The summed E-state index contributed by atoms with van der Waals surface area (Å²) >= 11 is 17.6. The molecule has 0 spiro atoms. The number of nitrogens with one attached hydrogen (secondary N) is 1. The van der Waals surface area contributed by atoms with Crippen molar-refractivity contribution in [3.8, 4) is 0 Å². The summed E-state index contributed by atoms with van der Waals surface area (Å²) in [5, 5.41) is 8.08. The van der Waals surface area contributed by atoms with Crippen molar-refractivity contribution >= 4 is 40.7 Å². The minimum Gasteiger partial charge on any atom is -0.445 e. The Labute approximate surface area is 231 Å². The van der Waals surface area contributed by atoms with Gasteiger partial charge in [0.25, 0.3) is 3.79 Å². The largest absolute Gasteiger partial charge is 0.445 e. The summed E-state index contributed by atoms with van der Waals surface area (Å²) < 4.78 is 28.3. The Kier molecular flexibility index (Phi) is 10.2. The minimum absolute atomic E-state index is 0.209. The van der Waals surface area contributed by atoms with Gasteiger partial charge in [-0.3, -0.25) is 5.41 Å². The highest BCUT2D eigenvalue weighted by molar-refractivity contribution is 6.76. The van der Waals surface area contributed by atoms with Gasteiger partial charge in [0.1, 0.15) is 18.3 Å². The molecule has 196 valence electrons. The Hall–Kier alpha value is -2.16. The third kappa shape index (κ3) is 8.42. The highest BCUT2D eigenvalue weighted by Crippen LogP contribution is 2.34. The fourth-order valence-electron chi connectivity index (χ4n) is 3.88. The minimum atomic E-state index is -2.05. The molecule has 0 bridgehead atoms. The van der Waals surface area contributed by atoms with Crippen LogP contribution in [0.15, 0.2) is 91.0 Å². The van der Waals surface area contributed by atoms with Crippen LogP contribution < -0.4 is 0 Å². The van der Waals surface area contributed by atoms with Crippen molar-refractivity contribution in [3.05, 3.63) is 108 Å². The third-order valence-electron chi connectivity index (χ3n) is 5.72. The highest BCUT2D eigenvalue weighted by Gasteiger charge is 2.49. The number of hydrogen-bond donors (Lipinski definition) is 1. The summed E-state index contributed by atoms with van der Waals surface area (Å²) in [5.74, 6) is -0.566. The lowest BCUT2D eigenvalue weighted by molar-refractivity contribution is -0.146. The lowest BCUT2D eigenvalue weighted by atomic mass is 10.1. The average Bonchev–Trinajstić information content (AvgIpc) is 3.23. The van der Waals surface area contributed by atoms with Crippen molar-refractivity contribution in [2.24, 2.45) is 0 Å². The van der Waals surface area contributed by atoms with E-state index in [9.17, 15) is 0 Å². The van der Waals surface area contributed by atoms with Gasteiger partial charge in [-0.15, -0.1) is 0 Å². The average molecular weight is 565 g/mol. The maximum atomic E-state index is 8.08. The maximum absolute atomic E-state index is 8.08. The van der Waals surface area contributed by atoms with Gasteiger partial charge in [-0.25, -0.2) is 0 Å².